The van der Waals surface area contributed by atoms with Crippen molar-refractivity contribution >= 4 is 5.91 Å². The lowest BCUT2D eigenvalue weighted by atomic mass is 9.83. The number of nitrogens with one attached hydrogen (secondary N) is 1. The monoisotopic (exact) mass is 407 g/mol. The molecule has 0 aliphatic carbocycles. The van der Waals surface area contributed by atoms with E-state index in [1.165, 1.54) is 12.1 Å². The van der Waals surface area contributed by atoms with Gasteiger partial charge >= 0.3 is 6.18 Å². The molecule has 6 nitrogen and oxygen atoms in total. The smallest absolute Gasteiger partial charge is 0.349 e. The molecule has 1 aromatic heterocycles. The van der Waals surface area contributed by atoms with Gasteiger partial charge in [0.15, 0.2) is 5.82 Å². The maximum absolute atomic E-state index is 12.8. The molecule has 2 aliphatic heterocycles. The van der Waals surface area contributed by atoms with E-state index in [4.69, 9.17) is 0 Å². The van der Waals surface area contributed by atoms with Gasteiger partial charge in [-0.05, 0) is 38.8 Å². The van der Waals surface area contributed by atoms with Gasteiger partial charge in [-0.3, -0.25) is 4.79 Å². The summed E-state index contributed by atoms with van der Waals surface area (Å²) in [5, 5.41) is 7.58. The largest absolute Gasteiger partial charge is 0.416 e. The van der Waals surface area contributed by atoms with Crippen molar-refractivity contribution in [1.29, 1.82) is 0 Å². The van der Waals surface area contributed by atoms with Crippen LogP contribution in [0.1, 0.15) is 38.1 Å². The molecule has 0 atom stereocenters. The molecule has 4 rings (SSSR count). The molecule has 1 aromatic carbocycles. The second-order valence-corrected chi connectivity index (χ2v) is 8.22. The van der Waals surface area contributed by atoms with Crippen molar-refractivity contribution in [1.82, 2.24) is 25.0 Å². The third kappa shape index (κ3) is 4.01. The Morgan fingerprint density at radius 3 is 2.38 bits per heavy atom. The predicted octanol–water partition coefficient (Wildman–Crippen LogP) is 2.88. The summed E-state index contributed by atoms with van der Waals surface area (Å²) in [5.41, 5.74) is -0.554. The number of carbonyl (C=O) groups is 1. The molecule has 0 bridgehead atoms. The fourth-order valence-electron chi connectivity index (χ4n) is 4.15. The molecule has 1 spiro atoms. The van der Waals surface area contributed by atoms with Gasteiger partial charge in [-0.25, -0.2) is 9.67 Å². The lowest BCUT2D eigenvalue weighted by Gasteiger charge is -2.42. The third-order valence-electron chi connectivity index (χ3n) is 5.90. The highest BCUT2D eigenvalue weighted by Gasteiger charge is 2.40. The highest BCUT2D eigenvalue weighted by molar-refractivity contribution is 5.77. The van der Waals surface area contributed by atoms with E-state index in [1.807, 2.05) is 0 Å². The summed E-state index contributed by atoms with van der Waals surface area (Å²) in [6, 6.07) is 5.25. The standard InChI is InChI=1S/C20H24F3N5O/c1-13(2)27-9-7-19(8-10-27)11-16-24-18(26-28(16)12-17(29)25-19)14-3-5-15(6-4-14)20(21,22)23/h3-6,13H,7-12H2,1-2H3,(H,25,29). The van der Waals surface area contributed by atoms with Crippen LogP contribution in [0.15, 0.2) is 24.3 Å². The van der Waals surface area contributed by atoms with Crippen molar-refractivity contribution in [2.24, 2.45) is 0 Å². The minimum Gasteiger partial charge on any atom is -0.349 e. The van der Waals surface area contributed by atoms with Crippen molar-refractivity contribution < 1.29 is 18.0 Å². The molecule has 156 valence electrons. The van der Waals surface area contributed by atoms with E-state index in [2.05, 4.69) is 34.1 Å². The summed E-state index contributed by atoms with van der Waals surface area (Å²) < 4.78 is 40.0. The molecular formula is C20H24F3N5O. The number of fused-ring (bicyclic) bond motifs is 1. The minimum absolute atomic E-state index is 0.0681. The van der Waals surface area contributed by atoms with Crippen LogP contribution in [0.5, 0.6) is 0 Å². The van der Waals surface area contributed by atoms with Gasteiger partial charge in [-0.1, -0.05) is 12.1 Å². The number of alkyl halides is 3. The highest BCUT2D eigenvalue weighted by Crippen LogP contribution is 2.32. The van der Waals surface area contributed by atoms with E-state index in [9.17, 15) is 18.0 Å². The Hall–Kier alpha value is -2.42. The minimum atomic E-state index is -4.38. The number of piperidine rings is 1. The van der Waals surface area contributed by atoms with Gasteiger partial charge < -0.3 is 10.2 Å². The van der Waals surface area contributed by atoms with E-state index < -0.39 is 11.7 Å². The number of benzene rings is 1. The molecule has 3 heterocycles. The maximum Gasteiger partial charge on any atom is 0.416 e. The average molecular weight is 407 g/mol. The molecule has 29 heavy (non-hydrogen) atoms. The molecule has 1 fully saturated rings. The van der Waals surface area contributed by atoms with Crippen LogP contribution in [0.4, 0.5) is 13.2 Å². The van der Waals surface area contributed by atoms with Crippen LogP contribution in [0.25, 0.3) is 11.4 Å². The van der Waals surface area contributed by atoms with Crippen molar-refractivity contribution in [2.45, 2.75) is 57.4 Å². The van der Waals surface area contributed by atoms with Gasteiger partial charge in [0.25, 0.3) is 0 Å². The molecule has 0 unspecified atom stereocenters. The second kappa shape index (κ2) is 7.12. The lowest BCUT2D eigenvalue weighted by Crippen LogP contribution is -2.57. The van der Waals surface area contributed by atoms with Crippen LogP contribution >= 0.6 is 0 Å². The maximum atomic E-state index is 12.8. The molecule has 2 aliphatic rings. The normalized spacial score (nSPS) is 19.9. The van der Waals surface area contributed by atoms with Crippen molar-refractivity contribution in [2.75, 3.05) is 13.1 Å². The van der Waals surface area contributed by atoms with Gasteiger partial charge in [-0.15, -0.1) is 0 Å². The number of amides is 1. The Bertz CT molecular complexity index is 896. The van der Waals surface area contributed by atoms with E-state index >= 15 is 0 Å². The molecule has 1 amide bonds. The number of halogens is 3. The first kappa shape index (κ1) is 19.9. The van der Waals surface area contributed by atoms with E-state index in [0.29, 0.717) is 29.7 Å². The van der Waals surface area contributed by atoms with E-state index in [1.54, 1.807) is 4.68 Å². The van der Waals surface area contributed by atoms with Crippen LogP contribution in [0, 0.1) is 0 Å². The van der Waals surface area contributed by atoms with Crippen molar-refractivity contribution in [3.05, 3.63) is 35.7 Å². The second-order valence-electron chi connectivity index (χ2n) is 8.22. The van der Waals surface area contributed by atoms with E-state index in [0.717, 1.165) is 38.1 Å². The molecule has 2 aromatic rings. The molecule has 1 saturated heterocycles. The lowest BCUT2D eigenvalue weighted by molar-refractivity contribution is -0.137. The molecule has 0 radical (unpaired) electrons. The van der Waals surface area contributed by atoms with Gasteiger partial charge in [0.05, 0.1) is 5.56 Å². The Morgan fingerprint density at radius 1 is 1.14 bits per heavy atom. The van der Waals surface area contributed by atoms with Gasteiger partial charge in [0, 0.05) is 36.7 Å². The summed E-state index contributed by atoms with van der Waals surface area (Å²) >= 11 is 0. The summed E-state index contributed by atoms with van der Waals surface area (Å²) in [7, 11) is 0. The quantitative estimate of drug-likeness (QED) is 0.832. The van der Waals surface area contributed by atoms with Gasteiger partial charge in [0.1, 0.15) is 12.4 Å². The number of nitrogens with zero attached hydrogens (tertiary/aromatic N) is 4. The van der Waals surface area contributed by atoms with Crippen LogP contribution in [-0.4, -0.2) is 50.2 Å². The fraction of sp³-hybridized carbons (Fsp3) is 0.550. The number of hydrogen-bond acceptors (Lipinski definition) is 4. The number of carbonyl (C=O) groups excluding carboxylic acids is 1. The average Bonchev–Trinajstić information content (AvgIpc) is 2.97. The first-order valence-corrected chi connectivity index (χ1v) is 9.82. The Labute approximate surface area is 167 Å². The summed E-state index contributed by atoms with van der Waals surface area (Å²) in [5.74, 6) is 0.931. The summed E-state index contributed by atoms with van der Waals surface area (Å²) in [4.78, 5) is 19.5. The molecular weight excluding hydrogens is 383 g/mol. The topological polar surface area (TPSA) is 63.1 Å². The Kier molecular flexibility index (Phi) is 4.88. The van der Waals surface area contributed by atoms with Crippen molar-refractivity contribution in [3.8, 4) is 11.4 Å². The zero-order valence-corrected chi connectivity index (χ0v) is 16.5. The van der Waals surface area contributed by atoms with Gasteiger partial charge in [0.2, 0.25) is 5.91 Å². The van der Waals surface area contributed by atoms with Crippen LogP contribution < -0.4 is 5.32 Å². The number of likely N-dealkylation sites (tertiary alicyclic amines) is 1. The third-order valence-corrected chi connectivity index (χ3v) is 5.90. The number of hydrogen-bond donors (Lipinski definition) is 1. The summed E-state index contributed by atoms with van der Waals surface area (Å²) in [6.07, 6.45) is -2.15. The number of aromatic nitrogens is 3. The highest BCUT2D eigenvalue weighted by atomic mass is 19.4. The van der Waals surface area contributed by atoms with E-state index in [-0.39, 0.29) is 18.0 Å². The van der Waals surface area contributed by atoms with Gasteiger partial charge in [-0.2, -0.15) is 18.3 Å². The predicted molar refractivity (Wildman–Crippen MR) is 101 cm³/mol. The Morgan fingerprint density at radius 2 is 1.79 bits per heavy atom. The van der Waals surface area contributed by atoms with Crippen molar-refractivity contribution in [3.63, 3.8) is 0 Å². The van der Waals surface area contributed by atoms with Crippen LogP contribution in [0.2, 0.25) is 0 Å². The Balaban J connectivity index is 1.59. The summed E-state index contributed by atoms with van der Waals surface area (Å²) in [6.45, 7) is 6.20. The first-order valence-electron chi connectivity index (χ1n) is 9.82. The molecule has 0 saturated carbocycles. The number of rotatable bonds is 2. The first-order chi connectivity index (χ1) is 13.7. The zero-order chi connectivity index (χ0) is 20.8. The molecule has 9 heteroatoms. The fourth-order valence-corrected chi connectivity index (χ4v) is 4.15. The van der Waals surface area contributed by atoms with Crippen LogP contribution in [-0.2, 0) is 23.9 Å². The molecule has 1 N–H and O–H groups in total. The zero-order valence-electron chi connectivity index (χ0n) is 16.5. The SMILES string of the molecule is CC(C)N1CCC2(CC1)Cc1nc(-c3ccc(C(F)(F)F)cc3)nn1CC(=O)N2. The van der Waals surface area contributed by atoms with Crippen LogP contribution in [0.3, 0.4) is 0 Å².